The topological polar surface area (TPSA) is 116 Å². The molecular weight excluding hydrogens is 406 g/mol. The molecule has 32 heavy (non-hydrogen) atoms. The molecule has 3 aromatic heterocycles. The van der Waals surface area contributed by atoms with E-state index in [0.717, 1.165) is 5.52 Å². The molecule has 0 aliphatic carbocycles. The summed E-state index contributed by atoms with van der Waals surface area (Å²) in [6, 6.07) is 19.4. The summed E-state index contributed by atoms with van der Waals surface area (Å²) in [5, 5.41) is 0. The van der Waals surface area contributed by atoms with E-state index >= 15 is 0 Å². The number of nitrogens with zero attached hydrogens (tertiary/aromatic N) is 3. The molecule has 0 unspecified atom stereocenters. The quantitative estimate of drug-likeness (QED) is 0.409. The number of carbonyl (C=O) groups excluding carboxylic acids is 1. The Labute approximate surface area is 182 Å². The Morgan fingerprint density at radius 2 is 1.72 bits per heavy atom. The number of nitrogens with one attached hydrogen (secondary N) is 1. The van der Waals surface area contributed by atoms with Gasteiger partial charge in [0.2, 0.25) is 0 Å². The molecule has 0 atom stereocenters. The largest absolute Gasteiger partial charge is 0.453 e. The van der Waals surface area contributed by atoms with Crippen molar-refractivity contribution in [3.8, 4) is 34.5 Å². The van der Waals surface area contributed by atoms with E-state index in [2.05, 4.69) is 19.9 Å². The van der Waals surface area contributed by atoms with Crippen LogP contribution in [0.2, 0.25) is 0 Å². The Hall–Kier alpha value is -4.72. The number of carbonyl (C=O) groups is 1. The van der Waals surface area contributed by atoms with Gasteiger partial charge >= 0.3 is 0 Å². The molecule has 0 spiro atoms. The zero-order valence-electron chi connectivity index (χ0n) is 16.7. The van der Waals surface area contributed by atoms with Gasteiger partial charge in [0.1, 0.15) is 17.2 Å². The van der Waals surface area contributed by atoms with Crippen LogP contribution in [0.15, 0.2) is 85.3 Å². The number of hydrogen-bond donors (Lipinski definition) is 2. The lowest BCUT2D eigenvalue weighted by atomic mass is 10.2. The van der Waals surface area contributed by atoms with Crippen LogP contribution >= 0.6 is 0 Å². The minimum absolute atomic E-state index is 0.260. The molecular formula is C24H17N5O3. The summed E-state index contributed by atoms with van der Waals surface area (Å²) < 4.78 is 12.1. The number of pyridine rings is 2. The molecule has 3 heterocycles. The second-order valence-electron chi connectivity index (χ2n) is 6.87. The van der Waals surface area contributed by atoms with Gasteiger partial charge in [0.25, 0.3) is 5.91 Å². The van der Waals surface area contributed by atoms with Crippen LogP contribution in [0.3, 0.4) is 0 Å². The average Bonchev–Trinajstić information content (AvgIpc) is 3.23. The van der Waals surface area contributed by atoms with Crippen molar-refractivity contribution >= 4 is 16.9 Å². The number of para-hydroxylation sites is 1. The van der Waals surface area contributed by atoms with Crippen LogP contribution in [0.25, 0.3) is 22.6 Å². The van der Waals surface area contributed by atoms with Gasteiger partial charge in [0, 0.05) is 24.5 Å². The first-order valence-electron chi connectivity index (χ1n) is 9.77. The lowest BCUT2D eigenvalue weighted by molar-refractivity contribution is 0.0998. The second kappa shape index (κ2) is 8.19. The number of aromatic nitrogens is 4. The first-order valence-corrected chi connectivity index (χ1v) is 9.77. The third-order valence-electron chi connectivity index (χ3n) is 4.69. The number of imidazole rings is 1. The Morgan fingerprint density at radius 1 is 0.875 bits per heavy atom. The Balaban J connectivity index is 1.62. The Kier molecular flexibility index (Phi) is 4.93. The highest BCUT2D eigenvalue weighted by Crippen LogP contribution is 2.39. The molecule has 8 nitrogen and oxygen atoms in total. The van der Waals surface area contributed by atoms with Crippen molar-refractivity contribution in [2.45, 2.75) is 0 Å². The SMILES string of the molecule is NC(=O)c1ccccc1Oc1cc2nc(-c3ccccn3)[nH]c2cc1Oc1cccnc1. The minimum Gasteiger partial charge on any atom is -0.453 e. The number of fused-ring (bicyclic) bond motifs is 1. The highest BCUT2D eigenvalue weighted by molar-refractivity contribution is 5.95. The fraction of sp³-hybridized carbons (Fsp3) is 0. The minimum atomic E-state index is -0.589. The number of amides is 1. The monoisotopic (exact) mass is 423 g/mol. The number of primary amides is 1. The van der Waals surface area contributed by atoms with Gasteiger partial charge in [-0.25, -0.2) is 4.98 Å². The fourth-order valence-electron chi connectivity index (χ4n) is 3.21. The maximum absolute atomic E-state index is 11.8. The first kappa shape index (κ1) is 19.3. The standard InChI is InChI=1S/C24H17N5O3/c25-23(30)16-7-1-2-9-20(16)32-22-13-19-18(12-21(22)31-15-6-5-10-26-14-15)28-24(29-19)17-8-3-4-11-27-17/h1-14H,(H2,25,30)(H,28,29). The Morgan fingerprint density at radius 3 is 2.50 bits per heavy atom. The molecule has 0 fully saturated rings. The summed E-state index contributed by atoms with van der Waals surface area (Å²) >= 11 is 0. The van der Waals surface area contributed by atoms with Crippen molar-refractivity contribution in [2.75, 3.05) is 0 Å². The van der Waals surface area contributed by atoms with E-state index in [4.69, 9.17) is 15.2 Å². The predicted molar refractivity (Wildman–Crippen MR) is 119 cm³/mol. The number of hydrogen-bond acceptors (Lipinski definition) is 6. The number of rotatable bonds is 6. The van der Waals surface area contributed by atoms with Crippen LogP contribution in [-0.2, 0) is 0 Å². The zero-order chi connectivity index (χ0) is 21.9. The van der Waals surface area contributed by atoms with Crippen molar-refractivity contribution < 1.29 is 14.3 Å². The van der Waals surface area contributed by atoms with Gasteiger partial charge in [-0.05, 0) is 36.4 Å². The molecule has 0 aliphatic rings. The smallest absolute Gasteiger partial charge is 0.252 e. The van der Waals surface area contributed by atoms with E-state index < -0.39 is 5.91 Å². The maximum atomic E-state index is 11.8. The molecule has 3 N–H and O–H groups in total. The fourth-order valence-corrected chi connectivity index (χ4v) is 3.21. The average molecular weight is 423 g/mol. The van der Waals surface area contributed by atoms with Crippen LogP contribution in [-0.4, -0.2) is 25.8 Å². The van der Waals surface area contributed by atoms with Crippen LogP contribution in [0.5, 0.6) is 23.0 Å². The summed E-state index contributed by atoms with van der Waals surface area (Å²) in [6.45, 7) is 0. The lowest BCUT2D eigenvalue weighted by Crippen LogP contribution is -2.12. The molecule has 5 aromatic rings. The van der Waals surface area contributed by atoms with Crippen molar-refractivity contribution in [1.29, 1.82) is 0 Å². The van der Waals surface area contributed by atoms with Crippen LogP contribution in [0.4, 0.5) is 0 Å². The third kappa shape index (κ3) is 3.84. The van der Waals surface area contributed by atoms with Gasteiger partial charge in [-0.3, -0.25) is 14.8 Å². The predicted octanol–water partition coefficient (Wildman–Crippen LogP) is 4.70. The lowest BCUT2D eigenvalue weighted by Gasteiger charge is -2.14. The highest BCUT2D eigenvalue weighted by atomic mass is 16.5. The first-order chi connectivity index (χ1) is 15.7. The summed E-state index contributed by atoms with van der Waals surface area (Å²) in [6.07, 6.45) is 4.96. The van der Waals surface area contributed by atoms with Crippen LogP contribution < -0.4 is 15.2 Å². The van der Waals surface area contributed by atoms with E-state index in [9.17, 15) is 4.79 Å². The van der Waals surface area contributed by atoms with Gasteiger partial charge in [0.15, 0.2) is 17.3 Å². The van der Waals surface area contributed by atoms with Crippen molar-refractivity contribution in [3.05, 3.63) is 90.9 Å². The van der Waals surface area contributed by atoms with Crippen molar-refractivity contribution in [2.24, 2.45) is 5.73 Å². The number of aromatic amines is 1. The van der Waals surface area contributed by atoms with Crippen molar-refractivity contribution in [3.63, 3.8) is 0 Å². The molecule has 0 bridgehead atoms. The van der Waals surface area contributed by atoms with Crippen LogP contribution in [0.1, 0.15) is 10.4 Å². The molecule has 1 amide bonds. The summed E-state index contributed by atoms with van der Waals surface area (Å²) in [5.41, 5.74) is 7.86. The summed E-state index contributed by atoms with van der Waals surface area (Å²) in [5.74, 6) is 1.66. The molecule has 0 aliphatic heterocycles. The maximum Gasteiger partial charge on any atom is 0.252 e. The molecule has 8 heteroatoms. The van der Waals surface area contributed by atoms with Gasteiger partial charge in [0.05, 0.1) is 22.8 Å². The number of benzene rings is 2. The Bertz CT molecular complexity index is 1400. The molecule has 0 saturated carbocycles. The van der Waals surface area contributed by atoms with Gasteiger partial charge < -0.3 is 20.2 Å². The second-order valence-corrected chi connectivity index (χ2v) is 6.87. The molecule has 0 radical (unpaired) electrons. The van der Waals surface area contributed by atoms with E-state index in [1.165, 1.54) is 0 Å². The molecule has 156 valence electrons. The van der Waals surface area contributed by atoms with E-state index in [1.807, 2.05) is 18.2 Å². The van der Waals surface area contributed by atoms with E-state index in [1.54, 1.807) is 67.1 Å². The molecule has 2 aromatic carbocycles. The zero-order valence-corrected chi connectivity index (χ0v) is 16.7. The van der Waals surface area contributed by atoms with Crippen molar-refractivity contribution in [1.82, 2.24) is 19.9 Å². The normalized spacial score (nSPS) is 10.8. The van der Waals surface area contributed by atoms with E-state index in [0.29, 0.717) is 40.0 Å². The van der Waals surface area contributed by atoms with Crippen LogP contribution in [0, 0.1) is 0 Å². The summed E-state index contributed by atoms with van der Waals surface area (Å²) in [7, 11) is 0. The van der Waals surface area contributed by atoms with E-state index in [-0.39, 0.29) is 5.56 Å². The number of ether oxygens (including phenoxy) is 2. The number of H-pyrrole nitrogens is 1. The molecule has 5 rings (SSSR count). The van der Waals surface area contributed by atoms with Gasteiger partial charge in [-0.2, -0.15) is 0 Å². The molecule has 0 saturated heterocycles. The van der Waals surface area contributed by atoms with Gasteiger partial charge in [-0.15, -0.1) is 0 Å². The third-order valence-corrected chi connectivity index (χ3v) is 4.69. The highest BCUT2D eigenvalue weighted by Gasteiger charge is 2.17. The number of nitrogens with two attached hydrogens (primary N) is 1. The summed E-state index contributed by atoms with van der Waals surface area (Å²) in [4.78, 5) is 28.2. The van der Waals surface area contributed by atoms with Gasteiger partial charge in [-0.1, -0.05) is 18.2 Å².